The molecule has 1 aromatic carbocycles. The molecular formula is C10H10N2O2S2. The smallest absolute Gasteiger partial charge is 0.263 e. The lowest BCUT2D eigenvalue weighted by atomic mass is 10.2. The topological polar surface area (TPSA) is 59.1 Å². The molecule has 6 heteroatoms. The zero-order chi connectivity index (χ0) is 11.6. The molecule has 0 bridgehead atoms. The Kier molecular flexibility index (Phi) is 2.93. The van der Waals surface area contributed by atoms with Crippen molar-refractivity contribution < 1.29 is 8.42 Å². The Balaban J connectivity index is 2.33. The molecule has 0 saturated carbocycles. The molecular weight excluding hydrogens is 244 g/mol. The highest BCUT2D eigenvalue weighted by Crippen LogP contribution is 2.16. The van der Waals surface area contributed by atoms with Crippen LogP contribution in [0.2, 0.25) is 0 Å². The summed E-state index contributed by atoms with van der Waals surface area (Å²) in [7, 11) is -3.51. The highest BCUT2D eigenvalue weighted by Gasteiger charge is 2.14. The van der Waals surface area contributed by atoms with E-state index in [2.05, 4.69) is 9.71 Å². The number of sulfonamides is 1. The van der Waals surface area contributed by atoms with Gasteiger partial charge in [-0.3, -0.25) is 4.72 Å². The number of aryl methyl sites for hydroxylation is 1. The van der Waals surface area contributed by atoms with Crippen molar-refractivity contribution in [1.82, 2.24) is 4.98 Å². The molecule has 0 fully saturated rings. The molecule has 0 aliphatic rings. The van der Waals surface area contributed by atoms with Crippen LogP contribution in [0.5, 0.6) is 0 Å². The van der Waals surface area contributed by atoms with Crippen molar-refractivity contribution in [2.75, 3.05) is 4.72 Å². The van der Waals surface area contributed by atoms with Gasteiger partial charge in [-0.1, -0.05) is 12.1 Å². The lowest BCUT2D eigenvalue weighted by Gasteiger charge is -2.05. The summed E-state index contributed by atoms with van der Waals surface area (Å²) in [5.74, 6) is 0.353. The fourth-order valence-corrected chi connectivity index (χ4v) is 2.90. The number of anilines is 1. The van der Waals surface area contributed by atoms with Crippen molar-refractivity contribution in [1.29, 1.82) is 0 Å². The first-order chi connectivity index (χ1) is 7.58. The predicted octanol–water partition coefficient (Wildman–Crippen LogP) is 2.25. The van der Waals surface area contributed by atoms with Crippen LogP contribution in [0.3, 0.4) is 0 Å². The highest BCUT2D eigenvalue weighted by atomic mass is 32.2. The summed E-state index contributed by atoms with van der Waals surface area (Å²) in [6.07, 6.45) is 0. The first kappa shape index (κ1) is 11.1. The van der Waals surface area contributed by atoms with Gasteiger partial charge in [0.25, 0.3) is 10.0 Å². The summed E-state index contributed by atoms with van der Waals surface area (Å²) >= 11 is 1.34. The molecule has 1 aromatic heterocycles. The van der Waals surface area contributed by atoms with Crippen LogP contribution in [0.25, 0.3) is 0 Å². The number of hydrogen-bond donors (Lipinski definition) is 1. The van der Waals surface area contributed by atoms with E-state index in [1.54, 1.807) is 29.1 Å². The molecule has 1 N–H and O–H groups in total. The molecule has 0 radical (unpaired) electrons. The Bertz CT molecular complexity index is 577. The van der Waals surface area contributed by atoms with Gasteiger partial charge in [-0.25, -0.2) is 13.4 Å². The summed E-state index contributed by atoms with van der Waals surface area (Å²) in [5.41, 5.74) is 2.48. The number of nitrogens with one attached hydrogen (secondary N) is 1. The molecule has 0 amide bonds. The van der Waals surface area contributed by atoms with Gasteiger partial charge in [0.2, 0.25) is 0 Å². The Morgan fingerprint density at radius 2 is 2.19 bits per heavy atom. The van der Waals surface area contributed by atoms with Crippen LogP contribution in [-0.2, 0) is 10.0 Å². The first-order valence-electron chi connectivity index (χ1n) is 4.55. The second-order valence-electron chi connectivity index (χ2n) is 3.30. The summed E-state index contributed by atoms with van der Waals surface area (Å²) in [6, 6.07) is 6.74. The van der Waals surface area contributed by atoms with E-state index in [0.29, 0.717) is 5.82 Å². The minimum absolute atomic E-state index is 0.250. The molecule has 2 rings (SSSR count). The normalized spacial score (nSPS) is 11.3. The van der Waals surface area contributed by atoms with Crippen molar-refractivity contribution >= 4 is 27.2 Å². The Morgan fingerprint density at radius 1 is 1.38 bits per heavy atom. The first-order valence-corrected chi connectivity index (χ1v) is 6.98. The number of hydrogen-bond acceptors (Lipinski definition) is 4. The average Bonchev–Trinajstić information content (AvgIpc) is 2.70. The summed E-state index contributed by atoms with van der Waals surface area (Å²) < 4.78 is 26.2. The van der Waals surface area contributed by atoms with Crippen LogP contribution in [0.1, 0.15) is 5.56 Å². The Labute approximate surface area is 98.0 Å². The minimum atomic E-state index is -3.51. The Hall–Kier alpha value is -1.40. The Morgan fingerprint density at radius 3 is 2.81 bits per heavy atom. The zero-order valence-electron chi connectivity index (χ0n) is 8.54. The maximum atomic E-state index is 11.9. The lowest BCUT2D eigenvalue weighted by Crippen LogP contribution is -2.13. The number of benzene rings is 1. The molecule has 0 saturated heterocycles. The fourth-order valence-electron chi connectivity index (χ4n) is 1.24. The average molecular weight is 254 g/mol. The van der Waals surface area contributed by atoms with E-state index >= 15 is 0 Å². The van der Waals surface area contributed by atoms with E-state index in [1.165, 1.54) is 11.3 Å². The van der Waals surface area contributed by atoms with E-state index in [9.17, 15) is 8.42 Å². The molecule has 4 nitrogen and oxygen atoms in total. The van der Waals surface area contributed by atoms with Crippen LogP contribution < -0.4 is 4.72 Å². The summed E-state index contributed by atoms with van der Waals surface area (Å²) in [5, 5.41) is 1.65. The van der Waals surface area contributed by atoms with Gasteiger partial charge in [-0.05, 0) is 24.6 Å². The standard InChI is InChI=1S/C10H10N2O2S2/c1-8-3-2-4-9(5-8)16(13,14)12-10-6-15-7-11-10/h2-7,12H,1H3. The number of rotatable bonds is 3. The highest BCUT2D eigenvalue weighted by molar-refractivity contribution is 7.92. The van der Waals surface area contributed by atoms with Gasteiger partial charge >= 0.3 is 0 Å². The van der Waals surface area contributed by atoms with Crippen molar-refractivity contribution in [3.63, 3.8) is 0 Å². The molecule has 0 spiro atoms. The molecule has 84 valence electrons. The minimum Gasteiger partial charge on any atom is -0.263 e. The van der Waals surface area contributed by atoms with Gasteiger partial charge in [0.05, 0.1) is 10.4 Å². The van der Waals surface area contributed by atoms with Crippen LogP contribution in [0.4, 0.5) is 5.82 Å². The third-order valence-corrected chi connectivity index (χ3v) is 3.91. The fraction of sp³-hybridized carbons (Fsp3) is 0.100. The predicted molar refractivity (Wildman–Crippen MR) is 64.1 cm³/mol. The van der Waals surface area contributed by atoms with Crippen LogP contribution >= 0.6 is 11.3 Å². The monoisotopic (exact) mass is 254 g/mol. The summed E-state index contributed by atoms with van der Waals surface area (Å²) in [6.45, 7) is 1.85. The van der Waals surface area contributed by atoms with Gasteiger partial charge < -0.3 is 0 Å². The second-order valence-corrected chi connectivity index (χ2v) is 5.70. The van der Waals surface area contributed by atoms with E-state index < -0.39 is 10.0 Å². The maximum Gasteiger partial charge on any atom is 0.263 e. The van der Waals surface area contributed by atoms with Crippen molar-refractivity contribution in [3.05, 3.63) is 40.7 Å². The van der Waals surface area contributed by atoms with Crippen LogP contribution in [0, 0.1) is 6.92 Å². The number of thiazole rings is 1. The van der Waals surface area contributed by atoms with E-state index in [0.717, 1.165) is 5.56 Å². The molecule has 1 heterocycles. The van der Waals surface area contributed by atoms with Crippen molar-refractivity contribution in [2.24, 2.45) is 0 Å². The van der Waals surface area contributed by atoms with E-state index in [4.69, 9.17) is 0 Å². The molecule has 2 aromatic rings. The van der Waals surface area contributed by atoms with E-state index in [1.807, 2.05) is 13.0 Å². The third kappa shape index (κ3) is 2.40. The molecule has 16 heavy (non-hydrogen) atoms. The molecule has 0 aliphatic carbocycles. The quantitative estimate of drug-likeness (QED) is 0.914. The lowest BCUT2D eigenvalue weighted by molar-refractivity contribution is 0.601. The zero-order valence-corrected chi connectivity index (χ0v) is 10.2. The van der Waals surface area contributed by atoms with Gasteiger partial charge in [0.15, 0.2) is 5.82 Å². The summed E-state index contributed by atoms with van der Waals surface area (Å²) in [4.78, 5) is 4.13. The number of aromatic nitrogens is 1. The van der Waals surface area contributed by atoms with Crippen LogP contribution in [-0.4, -0.2) is 13.4 Å². The molecule has 0 atom stereocenters. The third-order valence-electron chi connectivity index (χ3n) is 1.97. The van der Waals surface area contributed by atoms with Crippen molar-refractivity contribution in [3.8, 4) is 0 Å². The SMILES string of the molecule is Cc1cccc(S(=O)(=O)Nc2cscn2)c1. The second kappa shape index (κ2) is 4.23. The largest absolute Gasteiger partial charge is 0.263 e. The molecule has 0 unspecified atom stereocenters. The van der Waals surface area contributed by atoms with Gasteiger partial charge in [-0.2, -0.15) is 0 Å². The maximum absolute atomic E-state index is 11.9. The molecule has 0 aliphatic heterocycles. The van der Waals surface area contributed by atoms with Gasteiger partial charge in [-0.15, -0.1) is 11.3 Å². The van der Waals surface area contributed by atoms with Crippen molar-refractivity contribution in [2.45, 2.75) is 11.8 Å². The van der Waals surface area contributed by atoms with Crippen LogP contribution in [0.15, 0.2) is 40.1 Å². The van der Waals surface area contributed by atoms with E-state index in [-0.39, 0.29) is 4.90 Å². The number of nitrogens with zero attached hydrogens (tertiary/aromatic N) is 1. The van der Waals surface area contributed by atoms with Gasteiger partial charge in [0.1, 0.15) is 0 Å². The van der Waals surface area contributed by atoms with Gasteiger partial charge in [0, 0.05) is 5.38 Å².